The fraction of sp³-hybridized carbons (Fsp3) is 0.217. The highest BCUT2D eigenvalue weighted by atomic mass is 19.1. The van der Waals surface area contributed by atoms with Crippen LogP contribution in [0.1, 0.15) is 15.9 Å². The second-order valence-electron chi connectivity index (χ2n) is 7.84. The Morgan fingerprint density at radius 1 is 1.15 bits per heavy atom. The smallest absolute Gasteiger partial charge is 0.336 e. The lowest BCUT2D eigenvalue weighted by Crippen LogP contribution is -2.43. The van der Waals surface area contributed by atoms with Crippen LogP contribution in [-0.4, -0.2) is 59.2 Å². The number of amides is 2. The minimum absolute atomic E-state index is 0.0110. The molecule has 11 heteroatoms. The summed E-state index contributed by atoms with van der Waals surface area (Å²) in [4.78, 5) is 36.4. The molecule has 2 aromatic carbocycles. The van der Waals surface area contributed by atoms with Gasteiger partial charge in [-0.05, 0) is 32.3 Å². The summed E-state index contributed by atoms with van der Waals surface area (Å²) >= 11 is 0. The molecule has 0 bridgehead atoms. The molecule has 3 N–H and O–H groups in total. The van der Waals surface area contributed by atoms with Crippen molar-refractivity contribution in [2.45, 2.75) is 6.54 Å². The van der Waals surface area contributed by atoms with Gasteiger partial charge in [-0.1, -0.05) is 24.3 Å². The molecule has 2 amide bonds. The highest BCUT2D eigenvalue weighted by Crippen LogP contribution is 2.39. The Bertz CT molecular complexity index is 1250. The zero-order valence-corrected chi connectivity index (χ0v) is 18.5. The maximum Gasteiger partial charge on any atom is 0.336 e. The van der Waals surface area contributed by atoms with Crippen LogP contribution in [0.25, 0.3) is 11.3 Å². The van der Waals surface area contributed by atoms with E-state index in [4.69, 9.17) is 0 Å². The molecule has 1 aromatic heterocycles. The van der Waals surface area contributed by atoms with Gasteiger partial charge < -0.3 is 20.6 Å². The second kappa shape index (κ2) is 9.40. The van der Waals surface area contributed by atoms with Crippen LogP contribution in [-0.2, 0) is 6.54 Å². The molecule has 0 aliphatic carbocycles. The van der Waals surface area contributed by atoms with E-state index in [0.29, 0.717) is 18.7 Å². The summed E-state index contributed by atoms with van der Waals surface area (Å²) < 4.78 is 29.4. The number of carboxylic acids is 1. The number of urea groups is 1. The van der Waals surface area contributed by atoms with Gasteiger partial charge in [-0.15, -0.1) is 0 Å². The average molecular weight is 468 g/mol. The number of para-hydroxylation sites is 1. The van der Waals surface area contributed by atoms with Crippen molar-refractivity contribution in [1.29, 1.82) is 0 Å². The number of nitrogens with one attached hydrogen (secondary N) is 2. The number of carboxylic acid groups (broad SMARTS) is 1. The molecule has 1 aliphatic heterocycles. The van der Waals surface area contributed by atoms with E-state index in [1.54, 1.807) is 18.2 Å². The average Bonchev–Trinajstić information content (AvgIpc) is 2.79. The second-order valence-corrected chi connectivity index (χ2v) is 7.84. The number of nitrogens with zero attached hydrogens (tertiary/aromatic N) is 4. The van der Waals surface area contributed by atoms with Crippen molar-refractivity contribution < 1.29 is 23.5 Å². The number of rotatable bonds is 7. The van der Waals surface area contributed by atoms with Crippen LogP contribution in [0.4, 0.5) is 31.0 Å². The molecule has 0 unspecified atom stereocenters. The maximum atomic E-state index is 14.7. The quantitative estimate of drug-likeness (QED) is 0.487. The lowest BCUT2D eigenvalue weighted by Gasteiger charge is -2.31. The van der Waals surface area contributed by atoms with Crippen molar-refractivity contribution in [3.8, 4) is 11.3 Å². The van der Waals surface area contributed by atoms with E-state index in [1.807, 2.05) is 19.0 Å². The number of carbonyl (C=O) groups excluding carboxylic acids is 1. The van der Waals surface area contributed by atoms with E-state index in [2.05, 4.69) is 20.6 Å². The van der Waals surface area contributed by atoms with Crippen molar-refractivity contribution in [1.82, 2.24) is 20.2 Å². The number of aromatic carboxylic acids is 1. The van der Waals surface area contributed by atoms with Gasteiger partial charge in [0.1, 0.15) is 17.3 Å². The first-order chi connectivity index (χ1) is 16.3. The zero-order valence-electron chi connectivity index (χ0n) is 18.5. The first kappa shape index (κ1) is 23.1. The Morgan fingerprint density at radius 3 is 2.53 bits per heavy atom. The van der Waals surface area contributed by atoms with Gasteiger partial charge in [0.15, 0.2) is 5.82 Å². The van der Waals surface area contributed by atoms with Crippen LogP contribution in [0, 0.1) is 11.6 Å². The third-order valence-electron chi connectivity index (χ3n) is 5.23. The Labute approximate surface area is 194 Å². The van der Waals surface area contributed by atoms with Crippen LogP contribution in [0.5, 0.6) is 0 Å². The number of hydrogen-bond acceptors (Lipinski definition) is 6. The first-order valence-electron chi connectivity index (χ1n) is 10.4. The number of benzene rings is 2. The van der Waals surface area contributed by atoms with Crippen LogP contribution in [0.15, 0.2) is 42.5 Å². The van der Waals surface area contributed by atoms with Crippen LogP contribution in [0.2, 0.25) is 0 Å². The molecule has 0 atom stereocenters. The van der Waals surface area contributed by atoms with Gasteiger partial charge in [0.25, 0.3) is 0 Å². The largest absolute Gasteiger partial charge is 0.478 e. The molecule has 9 nitrogen and oxygen atoms in total. The van der Waals surface area contributed by atoms with Gasteiger partial charge in [-0.25, -0.2) is 28.3 Å². The number of likely N-dealkylation sites (N-methyl/N-ethyl adjacent to an activating group) is 1. The first-order valence-corrected chi connectivity index (χ1v) is 10.4. The van der Waals surface area contributed by atoms with Crippen LogP contribution >= 0.6 is 0 Å². The topological polar surface area (TPSA) is 111 Å². The molecular formula is C23H22F2N6O3. The molecule has 0 saturated carbocycles. The van der Waals surface area contributed by atoms with E-state index in [9.17, 15) is 23.5 Å². The minimum atomic E-state index is -1.16. The number of anilines is 3. The molecule has 0 fully saturated rings. The van der Waals surface area contributed by atoms with Crippen LogP contribution < -0.4 is 15.5 Å². The molecule has 4 rings (SSSR count). The van der Waals surface area contributed by atoms with E-state index >= 15 is 0 Å². The van der Waals surface area contributed by atoms with Crippen molar-refractivity contribution in [3.63, 3.8) is 0 Å². The molecule has 34 heavy (non-hydrogen) atoms. The summed E-state index contributed by atoms with van der Waals surface area (Å²) in [7, 11) is 3.77. The summed E-state index contributed by atoms with van der Waals surface area (Å²) in [5, 5.41) is 15.3. The molecule has 0 radical (unpaired) electrons. The van der Waals surface area contributed by atoms with E-state index in [-0.39, 0.29) is 35.1 Å². The Balaban J connectivity index is 1.95. The molecule has 0 spiro atoms. The number of aromatic nitrogens is 2. The maximum absolute atomic E-state index is 14.7. The van der Waals surface area contributed by atoms with Gasteiger partial charge >= 0.3 is 12.0 Å². The molecular weight excluding hydrogens is 446 g/mol. The SMILES string of the molecule is CN(C)CCNc1nc(-c2ccccc2C(=O)O)c2c(n1)N(c1c(F)cccc1F)C(=O)NC2. The van der Waals surface area contributed by atoms with Crippen LogP contribution in [0.3, 0.4) is 0 Å². The summed E-state index contributed by atoms with van der Waals surface area (Å²) in [5.41, 5.74) is 0.250. The van der Waals surface area contributed by atoms with Gasteiger partial charge in [0.05, 0.1) is 17.8 Å². The summed E-state index contributed by atoms with van der Waals surface area (Å²) in [6, 6.07) is 8.76. The van der Waals surface area contributed by atoms with Crippen molar-refractivity contribution in [3.05, 3.63) is 65.2 Å². The Hall–Kier alpha value is -4.12. The minimum Gasteiger partial charge on any atom is -0.478 e. The summed E-state index contributed by atoms with van der Waals surface area (Å²) in [6.07, 6.45) is 0. The third-order valence-corrected chi connectivity index (χ3v) is 5.23. The van der Waals surface area contributed by atoms with Crippen molar-refractivity contribution in [2.24, 2.45) is 0 Å². The summed E-state index contributed by atoms with van der Waals surface area (Å²) in [5.74, 6) is -3.01. The van der Waals surface area contributed by atoms with Gasteiger partial charge in [-0.2, -0.15) is 4.98 Å². The highest BCUT2D eigenvalue weighted by molar-refractivity contribution is 6.03. The summed E-state index contributed by atoms with van der Waals surface area (Å²) in [6.45, 7) is 1.02. The third kappa shape index (κ3) is 4.37. The van der Waals surface area contributed by atoms with Gasteiger partial charge in [0.2, 0.25) is 5.95 Å². The number of fused-ring (bicyclic) bond motifs is 1. The fourth-order valence-electron chi connectivity index (χ4n) is 3.64. The predicted octanol–water partition coefficient (Wildman–Crippen LogP) is 3.45. The monoisotopic (exact) mass is 468 g/mol. The standard InChI is InChI=1S/C23H22F2N6O3/c1-30(2)11-10-26-22-28-18(13-6-3-4-7-14(13)21(32)33)15-12-27-23(34)31(20(15)29-22)19-16(24)8-5-9-17(19)25/h3-9H,10-12H2,1-2H3,(H,27,34)(H,32,33)(H,26,28,29). The zero-order chi connectivity index (χ0) is 24.4. The molecule has 3 aromatic rings. The number of carbonyl (C=O) groups is 2. The van der Waals surface area contributed by atoms with Crippen molar-refractivity contribution >= 4 is 29.5 Å². The van der Waals surface area contributed by atoms with Gasteiger partial charge in [0, 0.05) is 24.2 Å². The van der Waals surface area contributed by atoms with E-state index in [1.165, 1.54) is 12.1 Å². The number of hydrogen-bond donors (Lipinski definition) is 3. The highest BCUT2D eigenvalue weighted by Gasteiger charge is 2.34. The molecule has 1 aliphatic rings. The Kier molecular flexibility index (Phi) is 6.37. The van der Waals surface area contributed by atoms with E-state index in [0.717, 1.165) is 17.0 Å². The van der Waals surface area contributed by atoms with Gasteiger partial charge in [-0.3, -0.25) is 0 Å². The number of halogens is 2. The lowest BCUT2D eigenvalue weighted by molar-refractivity contribution is 0.0697. The molecule has 176 valence electrons. The normalized spacial score (nSPS) is 13.0. The predicted molar refractivity (Wildman–Crippen MR) is 122 cm³/mol. The lowest BCUT2D eigenvalue weighted by atomic mass is 9.99. The van der Waals surface area contributed by atoms with E-state index < -0.39 is 29.3 Å². The van der Waals surface area contributed by atoms with Crippen molar-refractivity contribution in [2.75, 3.05) is 37.4 Å². The fourth-order valence-corrected chi connectivity index (χ4v) is 3.64. The molecule has 2 heterocycles. The Morgan fingerprint density at radius 2 is 1.85 bits per heavy atom. The molecule has 0 saturated heterocycles.